The Kier molecular flexibility index (Phi) is 3.78. The minimum absolute atomic E-state index is 0.288. The van der Waals surface area contributed by atoms with Crippen LogP contribution in [0.5, 0.6) is 0 Å². The van der Waals surface area contributed by atoms with Crippen molar-refractivity contribution < 1.29 is 5.11 Å². The van der Waals surface area contributed by atoms with Gasteiger partial charge in [0.25, 0.3) is 0 Å². The fourth-order valence-electron chi connectivity index (χ4n) is 3.59. The predicted molar refractivity (Wildman–Crippen MR) is 78.9 cm³/mol. The van der Waals surface area contributed by atoms with Gasteiger partial charge in [0, 0.05) is 19.0 Å². The van der Waals surface area contributed by atoms with E-state index in [9.17, 15) is 5.11 Å². The molecule has 3 rings (SSSR count). The molecule has 1 aromatic rings. The minimum atomic E-state index is -0.644. The number of hydrogen-bond acceptors (Lipinski definition) is 2. The highest BCUT2D eigenvalue weighted by molar-refractivity contribution is 6.42. The van der Waals surface area contributed by atoms with Crippen molar-refractivity contribution in [3.63, 3.8) is 0 Å². The van der Waals surface area contributed by atoms with E-state index in [-0.39, 0.29) is 6.04 Å². The summed E-state index contributed by atoms with van der Waals surface area (Å²) in [5.74, 6) is 0. The predicted octanol–water partition coefficient (Wildman–Crippen LogP) is 3.53. The van der Waals surface area contributed by atoms with Crippen LogP contribution >= 0.6 is 23.2 Å². The van der Waals surface area contributed by atoms with Crippen LogP contribution in [0.4, 0.5) is 0 Å². The maximum Gasteiger partial charge on any atom is 0.0855 e. The van der Waals surface area contributed by atoms with Crippen molar-refractivity contribution >= 4 is 23.2 Å². The third-order valence-corrected chi connectivity index (χ3v) is 5.45. The number of nitrogens with zero attached hydrogens (tertiary/aromatic N) is 1. The summed E-state index contributed by atoms with van der Waals surface area (Å²) in [5, 5.41) is 12.2. The van der Waals surface area contributed by atoms with Gasteiger partial charge in [0.1, 0.15) is 0 Å². The average molecular weight is 300 g/mol. The Morgan fingerprint density at radius 1 is 1.26 bits per heavy atom. The van der Waals surface area contributed by atoms with E-state index in [0.717, 1.165) is 31.5 Å². The second-order valence-corrected chi connectivity index (χ2v) is 6.58. The summed E-state index contributed by atoms with van der Waals surface area (Å²) in [7, 11) is 0. The van der Waals surface area contributed by atoms with Gasteiger partial charge >= 0.3 is 0 Å². The van der Waals surface area contributed by atoms with Crippen molar-refractivity contribution in [1.29, 1.82) is 0 Å². The molecule has 2 heterocycles. The van der Waals surface area contributed by atoms with Gasteiger partial charge in [-0.2, -0.15) is 0 Å². The van der Waals surface area contributed by atoms with Crippen molar-refractivity contribution in [2.75, 3.05) is 13.1 Å². The molecule has 0 aliphatic carbocycles. The van der Waals surface area contributed by atoms with Gasteiger partial charge in [-0.05, 0) is 37.4 Å². The lowest BCUT2D eigenvalue weighted by atomic mass is 9.84. The van der Waals surface area contributed by atoms with Crippen LogP contribution < -0.4 is 0 Å². The molecule has 104 valence electrons. The highest BCUT2D eigenvalue weighted by Gasteiger charge is 2.46. The van der Waals surface area contributed by atoms with Gasteiger partial charge in [-0.15, -0.1) is 0 Å². The van der Waals surface area contributed by atoms with Gasteiger partial charge in [-0.3, -0.25) is 4.90 Å². The Hall–Kier alpha value is -0.280. The molecule has 2 aliphatic rings. The Labute approximate surface area is 124 Å². The largest absolute Gasteiger partial charge is 0.388 e. The maximum absolute atomic E-state index is 11.0. The molecule has 4 heteroatoms. The van der Waals surface area contributed by atoms with Gasteiger partial charge in [-0.25, -0.2) is 0 Å². The first-order valence-electron chi connectivity index (χ1n) is 6.99. The van der Waals surface area contributed by atoms with E-state index in [0.29, 0.717) is 16.5 Å². The number of aliphatic hydroxyl groups is 1. The van der Waals surface area contributed by atoms with Crippen molar-refractivity contribution in [3.05, 3.63) is 33.8 Å². The first-order valence-corrected chi connectivity index (χ1v) is 7.75. The molecule has 0 aromatic heterocycles. The highest BCUT2D eigenvalue weighted by atomic mass is 35.5. The lowest BCUT2D eigenvalue weighted by Gasteiger charge is -2.37. The summed E-state index contributed by atoms with van der Waals surface area (Å²) in [4.78, 5) is 2.43. The molecule has 0 bridgehead atoms. The Bertz CT molecular complexity index is 479. The molecular formula is C15H19Cl2NO. The van der Waals surface area contributed by atoms with Crippen LogP contribution in [0.15, 0.2) is 18.2 Å². The lowest BCUT2D eigenvalue weighted by Crippen LogP contribution is -2.48. The van der Waals surface area contributed by atoms with Crippen LogP contribution in [0.1, 0.15) is 31.2 Å². The topological polar surface area (TPSA) is 23.5 Å². The van der Waals surface area contributed by atoms with E-state index in [4.69, 9.17) is 23.2 Å². The van der Waals surface area contributed by atoms with Crippen LogP contribution in [0.3, 0.4) is 0 Å². The second-order valence-electron chi connectivity index (χ2n) is 5.79. The Balaban J connectivity index is 1.83. The van der Waals surface area contributed by atoms with Crippen LogP contribution in [-0.2, 0) is 6.42 Å². The zero-order valence-electron chi connectivity index (χ0n) is 10.9. The number of hydrogen-bond donors (Lipinski definition) is 1. The molecule has 2 unspecified atom stereocenters. The monoisotopic (exact) mass is 299 g/mol. The summed E-state index contributed by atoms with van der Waals surface area (Å²) >= 11 is 12.3. The molecule has 2 aliphatic heterocycles. The second kappa shape index (κ2) is 5.25. The maximum atomic E-state index is 11.0. The fraction of sp³-hybridized carbons (Fsp3) is 0.600. The average Bonchev–Trinajstić information content (AvgIpc) is 2.74. The van der Waals surface area contributed by atoms with Crippen LogP contribution in [0, 0.1) is 0 Å². The van der Waals surface area contributed by atoms with E-state index in [1.54, 1.807) is 6.07 Å². The van der Waals surface area contributed by atoms with Crippen molar-refractivity contribution in [1.82, 2.24) is 4.90 Å². The molecule has 0 spiro atoms. The zero-order chi connectivity index (χ0) is 13.5. The summed E-state index contributed by atoms with van der Waals surface area (Å²) in [6, 6.07) is 5.95. The van der Waals surface area contributed by atoms with Gasteiger partial charge in [0.15, 0.2) is 0 Å². The van der Waals surface area contributed by atoms with Crippen LogP contribution in [-0.4, -0.2) is 34.7 Å². The number of piperidine rings is 1. The minimum Gasteiger partial charge on any atom is -0.388 e. The number of fused-ring (bicyclic) bond motifs is 1. The summed E-state index contributed by atoms with van der Waals surface area (Å²) in [6.45, 7) is 2.12. The number of halogens is 2. The fourth-order valence-corrected chi connectivity index (χ4v) is 3.98. The standard InChI is InChI=1S/C15H19Cl2NO/c16-12-5-3-4-11(14(12)17)10-15(19)7-9-18-8-2-1-6-13(15)18/h3-5,13,19H,1-2,6-10H2. The molecule has 0 amide bonds. The highest BCUT2D eigenvalue weighted by Crippen LogP contribution is 2.39. The van der Waals surface area contributed by atoms with Gasteiger partial charge < -0.3 is 5.11 Å². The molecule has 0 saturated carbocycles. The third kappa shape index (κ3) is 2.52. The first kappa shape index (κ1) is 13.7. The SMILES string of the molecule is OC1(Cc2cccc(Cl)c2Cl)CCN2CCCCC21. The van der Waals surface area contributed by atoms with Gasteiger partial charge in [0.2, 0.25) is 0 Å². The summed E-state index contributed by atoms with van der Waals surface area (Å²) in [6.07, 6.45) is 5.00. The molecule has 0 radical (unpaired) electrons. The Morgan fingerprint density at radius 3 is 2.95 bits per heavy atom. The summed E-state index contributed by atoms with van der Waals surface area (Å²) in [5.41, 5.74) is 0.318. The quantitative estimate of drug-likeness (QED) is 0.903. The van der Waals surface area contributed by atoms with E-state index in [2.05, 4.69) is 4.90 Å². The summed E-state index contributed by atoms with van der Waals surface area (Å²) < 4.78 is 0. The van der Waals surface area contributed by atoms with E-state index in [1.807, 2.05) is 12.1 Å². The van der Waals surface area contributed by atoms with Crippen molar-refractivity contribution in [3.8, 4) is 0 Å². The molecule has 2 fully saturated rings. The van der Waals surface area contributed by atoms with E-state index < -0.39 is 5.60 Å². The third-order valence-electron chi connectivity index (χ3n) is 4.59. The van der Waals surface area contributed by atoms with E-state index in [1.165, 1.54) is 12.8 Å². The normalized spacial score (nSPS) is 31.4. The van der Waals surface area contributed by atoms with Crippen LogP contribution in [0.2, 0.25) is 10.0 Å². The molecular weight excluding hydrogens is 281 g/mol. The molecule has 19 heavy (non-hydrogen) atoms. The number of rotatable bonds is 2. The van der Waals surface area contributed by atoms with E-state index >= 15 is 0 Å². The molecule has 2 atom stereocenters. The van der Waals surface area contributed by atoms with Crippen molar-refractivity contribution in [2.45, 2.75) is 43.7 Å². The molecule has 2 saturated heterocycles. The number of benzene rings is 1. The van der Waals surface area contributed by atoms with Crippen molar-refractivity contribution in [2.24, 2.45) is 0 Å². The first-order chi connectivity index (χ1) is 9.10. The molecule has 1 N–H and O–H groups in total. The molecule has 1 aromatic carbocycles. The zero-order valence-corrected chi connectivity index (χ0v) is 12.4. The van der Waals surface area contributed by atoms with Crippen LogP contribution in [0.25, 0.3) is 0 Å². The molecule has 2 nitrogen and oxygen atoms in total. The Morgan fingerprint density at radius 2 is 2.11 bits per heavy atom. The smallest absolute Gasteiger partial charge is 0.0855 e. The van der Waals surface area contributed by atoms with Gasteiger partial charge in [0.05, 0.1) is 15.6 Å². The lowest BCUT2D eigenvalue weighted by molar-refractivity contribution is -0.00884. The van der Waals surface area contributed by atoms with Gasteiger partial charge in [-0.1, -0.05) is 41.8 Å².